The first-order valence-corrected chi connectivity index (χ1v) is 33.1. The van der Waals surface area contributed by atoms with Gasteiger partial charge in [0.1, 0.15) is 13.2 Å². The number of carbonyl (C=O) groups excluding carboxylic acids is 3. The van der Waals surface area contributed by atoms with Crippen LogP contribution in [0.1, 0.15) is 329 Å². The molecule has 0 fully saturated rings. The largest absolute Gasteiger partial charge is 0.462 e. The van der Waals surface area contributed by atoms with Crippen LogP contribution < -0.4 is 0 Å². The van der Waals surface area contributed by atoms with Crippen LogP contribution in [0, 0.1) is 0 Å². The lowest BCUT2D eigenvalue weighted by Gasteiger charge is -2.18. The molecule has 0 aromatic heterocycles. The average Bonchev–Trinajstić information content (AvgIpc) is 3.43. The number of ether oxygens (including phenoxy) is 3. The van der Waals surface area contributed by atoms with Gasteiger partial charge in [0.05, 0.1) is 0 Å². The van der Waals surface area contributed by atoms with Crippen LogP contribution in [0.25, 0.3) is 0 Å². The quantitative estimate of drug-likeness (QED) is 0.0261. The van der Waals surface area contributed by atoms with Gasteiger partial charge < -0.3 is 14.2 Å². The Balaban J connectivity index is 4.03. The smallest absolute Gasteiger partial charge is 0.306 e. The highest BCUT2D eigenvalue weighted by atomic mass is 16.6. The van der Waals surface area contributed by atoms with Crippen LogP contribution in [0.5, 0.6) is 0 Å². The molecule has 0 spiro atoms. The van der Waals surface area contributed by atoms with Gasteiger partial charge in [0.15, 0.2) is 6.10 Å². The summed E-state index contributed by atoms with van der Waals surface area (Å²) in [6.07, 6.45) is 86.2. The van der Waals surface area contributed by atoms with Crippen molar-refractivity contribution >= 4 is 17.9 Å². The minimum Gasteiger partial charge on any atom is -0.462 e. The van der Waals surface area contributed by atoms with E-state index in [9.17, 15) is 14.4 Å². The lowest BCUT2D eigenvalue weighted by Crippen LogP contribution is -2.30. The molecule has 77 heavy (non-hydrogen) atoms. The zero-order chi connectivity index (χ0) is 55.7. The van der Waals surface area contributed by atoms with Gasteiger partial charge in [-0.25, -0.2) is 0 Å². The summed E-state index contributed by atoms with van der Waals surface area (Å²) >= 11 is 0. The Labute approximate surface area is 477 Å². The van der Waals surface area contributed by atoms with E-state index >= 15 is 0 Å². The molecule has 1 unspecified atom stereocenters. The van der Waals surface area contributed by atoms with Crippen LogP contribution in [-0.4, -0.2) is 37.2 Å². The summed E-state index contributed by atoms with van der Waals surface area (Å²) in [5, 5.41) is 0. The van der Waals surface area contributed by atoms with Crippen LogP contribution >= 0.6 is 0 Å². The lowest BCUT2D eigenvalue weighted by molar-refractivity contribution is -0.167. The second kappa shape index (κ2) is 65.1. The number of esters is 3. The Kier molecular flexibility index (Phi) is 62.2. The van der Waals surface area contributed by atoms with Gasteiger partial charge in [0.2, 0.25) is 0 Å². The van der Waals surface area contributed by atoms with Gasteiger partial charge >= 0.3 is 17.9 Å². The lowest BCUT2D eigenvalue weighted by atomic mass is 10.0. The third-order valence-electron chi connectivity index (χ3n) is 14.4. The molecule has 0 aliphatic carbocycles. The molecule has 0 aromatic carbocycles. The molecule has 0 saturated heterocycles. The van der Waals surface area contributed by atoms with Crippen LogP contribution in [0.2, 0.25) is 0 Å². The van der Waals surface area contributed by atoms with E-state index in [2.05, 4.69) is 106 Å². The van der Waals surface area contributed by atoms with E-state index in [1.165, 1.54) is 173 Å². The third-order valence-corrected chi connectivity index (χ3v) is 14.4. The number of hydrogen-bond acceptors (Lipinski definition) is 6. The molecule has 0 aromatic rings. The van der Waals surface area contributed by atoms with Crippen molar-refractivity contribution < 1.29 is 28.6 Å². The molecule has 0 aliphatic rings. The maximum atomic E-state index is 12.8. The second-order valence-corrected chi connectivity index (χ2v) is 22.0. The number of unbranched alkanes of at least 4 members (excludes halogenated alkanes) is 35. The van der Waals surface area contributed by atoms with Gasteiger partial charge in [-0.05, 0) is 96.3 Å². The summed E-state index contributed by atoms with van der Waals surface area (Å²) in [5.41, 5.74) is 0. The SMILES string of the molecule is CC/C=C\C/C=C\C/C=C\C/C=C\C/C=C\CCCCCCCCCCCCCCCCCCCCCC(=O)OCC(COC(=O)CCCCCCCCCCC)OC(=O)CCCCCCC/C=C\C/C=C\CCCCC. The molecular formula is C71H124O6. The standard InChI is InChI=1S/C71H124O6/c1-4-7-10-13-16-19-21-23-25-26-27-28-29-30-31-32-33-34-35-36-37-38-39-40-41-42-43-44-46-47-49-52-55-58-61-64-70(73)76-67-68(66-75-69(72)63-60-57-54-51-18-15-12-9-6-3)77-71(74)65-62-59-56-53-50-48-45-24-22-20-17-14-11-8-5-2/h7,10,16-17,19-20,23-25,27-28,30-31,45,68H,4-6,8-9,11-15,18,21-22,26,29,32-44,46-67H2,1-3H3/b10-7-,19-16-,20-17-,25-23-,28-27-,31-30-,45-24-. The molecule has 0 radical (unpaired) electrons. The third kappa shape index (κ3) is 63.3. The van der Waals surface area contributed by atoms with E-state index < -0.39 is 6.10 Å². The van der Waals surface area contributed by atoms with E-state index in [0.29, 0.717) is 19.3 Å². The summed E-state index contributed by atoms with van der Waals surface area (Å²) in [4.78, 5) is 38.1. The summed E-state index contributed by atoms with van der Waals surface area (Å²) < 4.78 is 16.9. The van der Waals surface area contributed by atoms with Crippen molar-refractivity contribution in [3.05, 3.63) is 85.1 Å². The van der Waals surface area contributed by atoms with Crippen molar-refractivity contribution in [1.82, 2.24) is 0 Å². The highest BCUT2D eigenvalue weighted by Crippen LogP contribution is 2.17. The van der Waals surface area contributed by atoms with E-state index in [4.69, 9.17) is 14.2 Å². The van der Waals surface area contributed by atoms with Crippen LogP contribution in [-0.2, 0) is 28.6 Å². The molecule has 0 N–H and O–H groups in total. The Morgan fingerprint density at radius 1 is 0.273 bits per heavy atom. The van der Waals surface area contributed by atoms with Gasteiger partial charge in [0, 0.05) is 19.3 Å². The monoisotopic (exact) mass is 1070 g/mol. The van der Waals surface area contributed by atoms with Gasteiger partial charge in [-0.2, -0.15) is 0 Å². The number of allylic oxidation sites excluding steroid dienone is 14. The van der Waals surface area contributed by atoms with Crippen molar-refractivity contribution in [3.8, 4) is 0 Å². The second-order valence-electron chi connectivity index (χ2n) is 22.0. The highest BCUT2D eigenvalue weighted by molar-refractivity contribution is 5.71. The molecule has 0 bridgehead atoms. The normalized spacial score (nSPS) is 12.6. The van der Waals surface area contributed by atoms with E-state index in [1.807, 2.05) is 0 Å². The maximum Gasteiger partial charge on any atom is 0.306 e. The first-order valence-electron chi connectivity index (χ1n) is 33.1. The van der Waals surface area contributed by atoms with E-state index in [0.717, 1.165) is 116 Å². The minimum atomic E-state index is -0.779. The van der Waals surface area contributed by atoms with Gasteiger partial charge in [-0.1, -0.05) is 298 Å². The maximum absolute atomic E-state index is 12.8. The van der Waals surface area contributed by atoms with E-state index in [1.54, 1.807) is 0 Å². The average molecular weight is 1070 g/mol. The number of hydrogen-bond donors (Lipinski definition) is 0. The van der Waals surface area contributed by atoms with E-state index in [-0.39, 0.29) is 31.1 Å². The molecule has 6 nitrogen and oxygen atoms in total. The van der Waals surface area contributed by atoms with Crippen molar-refractivity contribution in [2.75, 3.05) is 13.2 Å². The van der Waals surface area contributed by atoms with Crippen LogP contribution in [0.3, 0.4) is 0 Å². The molecule has 0 heterocycles. The van der Waals surface area contributed by atoms with Crippen molar-refractivity contribution in [3.63, 3.8) is 0 Å². The molecular weight excluding hydrogens is 949 g/mol. The van der Waals surface area contributed by atoms with Gasteiger partial charge in [-0.3, -0.25) is 14.4 Å². The van der Waals surface area contributed by atoms with Gasteiger partial charge in [-0.15, -0.1) is 0 Å². The number of carbonyl (C=O) groups is 3. The molecule has 0 aliphatic heterocycles. The predicted octanol–water partition coefficient (Wildman–Crippen LogP) is 22.7. The predicted molar refractivity (Wildman–Crippen MR) is 334 cm³/mol. The van der Waals surface area contributed by atoms with Crippen molar-refractivity contribution in [2.45, 2.75) is 335 Å². The van der Waals surface area contributed by atoms with Crippen molar-refractivity contribution in [2.24, 2.45) is 0 Å². The fourth-order valence-electron chi connectivity index (χ4n) is 9.44. The molecule has 6 heteroatoms. The van der Waals surface area contributed by atoms with Crippen molar-refractivity contribution in [1.29, 1.82) is 0 Å². The minimum absolute atomic E-state index is 0.0769. The Morgan fingerprint density at radius 2 is 0.506 bits per heavy atom. The highest BCUT2D eigenvalue weighted by Gasteiger charge is 2.19. The fraction of sp³-hybridized carbons (Fsp3) is 0.761. The Hall–Kier alpha value is -3.41. The summed E-state index contributed by atoms with van der Waals surface area (Å²) in [7, 11) is 0. The fourth-order valence-corrected chi connectivity index (χ4v) is 9.44. The molecule has 0 rings (SSSR count). The summed E-state index contributed by atoms with van der Waals surface area (Å²) in [5.74, 6) is -0.879. The van der Waals surface area contributed by atoms with Gasteiger partial charge in [0.25, 0.3) is 0 Å². The number of rotatable bonds is 60. The first kappa shape index (κ1) is 73.6. The zero-order valence-corrected chi connectivity index (χ0v) is 51.0. The zero-order valence-electron chi connectivity index (χ0n) is 51.0. The summed E-state index contributed by atoms with van der Waals surface area (Å²) in [6, 6.07) is 0. The first-order chi connectivity index (χ1) is 38.0. The summed E-state index contributed by atoms with van der Waals surface area (Å²) in [6.45, 7) is 6.50. The molecule has 0 saturated carbocycles. The van der Waals surface area contributed by atoms with Crippen LogP contribution in [0.4, 0.5) is 0 Å². The topological polar surface area (TPSA) is 78.9 Å². The Morgan fingerprint density at radius 3 is 0.818 bits per heavy atom. The molecule has 0 amide bonds. The molecule has 1 atom stereocenters. The Bertz CT molecular complexity index is 1470. The van der Waals surface area contributed by atoms with Crippen LogP contribution in [0.15, 0.2) is 85.1 Å². The molecule has 444 valence electrons.